The molecule has 0 spiro atoms. The van der Waals surface area contributed by atoms with Crippen molar-refractivity contribution in [1.82, 2.24) is 15.5 Å². The number of hydrogen-bond acceptors (Lipinski definition) is 6. The van der Waals surface area contributed by atoms with Gasteiger partial charge in [-0.15, -0.1) is 0 Å². The van der Waals surface area contributed by atoms with Gasteiger partial charge in [-0.2, -0.15) is 0 Å². The zero-order valence-electron chi connectivity index (χ0n) is 20.7. The number of carbonyl (C=O) groups excluding carboxylic acids is 3. The number of benzene rings is 1. The average molecular weight is 505 g/mol. The number of carbonyl (C=O) groups is 5. The largest absolute Gasteiger partial charge is 0.481 e. The van der Waals surface area contributed by atoms with Crippen molar-refractivity contribution in [2.24, 2.45) is 11.7 Å². The fourth-order valence-electron chi connectivity index (χ4n) is 4.13. The summed E-state index contributed by atoms with van der Waals surface area (Å²) in [6.45, 7) is 3.91. The number of carboxylic acid groups (broad SMARTS) is 2. The highest BCUT2D eigenvalue weighted by Gasteiger charge is 2.38. The highest BCUT2D eigenvalue weighted by Crippen LogP contribution is 2.20. The van der Waals surface area contributed by atoms with E-state index in [2.05, 4.69) is 10.6 Å². The van der Waals surface area contributed by atoms with Crippen LogP contribution in [0.1, 0.15) is 51.5 Å². The van der Waals surface area contributed by atoms with Crippen molar-refractivity contribution in [2.45, 2.75) is 76.5 Å². The minimum absolute atomic E-state index is 0.0975. The van der Waals surface area contributed by atoms with Gasteiger partial charge in [0.1, 0.15) is 18.1 Å². The maximum atomic E-state index is 13.4. The Morgan fingerprint density at radius 2 is 1.69 bits per heavy atom. The van der Waals surface area contributed by atoms with Crippen LogP contribution < -0.4 is 16.4 Å². The van der Waals surface area contributed by atoms with Gasteiger partial charge >= 0.3 is 11.9 Å². The predicted octanol–water partition coefficient (Wildman–Crippen LogP) is 0.513. The Labute approximate surface area is 210 Å². The van der Waals surface area contributed by atoms with E-state index in [1.54, 1.807) is 37.3 Å². The van der Waals surface area contributed by atoms with E-state index in [0.717, 1.165) is 5.56 Å². The number of rotatable bonds is 13. The zero-order valence-corrected chi connectivity index (χ0v) is 20.7. The first kappa shape index (κ1) is 28.8. The molecule has 5 atom stereocenters. The number of nitrogens with zero attached hydrogens (tertiary/aromatic N) is 1. The lowest BCUT2D eigenvalue weighted by molar-refractivity contribution is -0.149. The van der Waals surface area contributed by atoms with Gasteiger partial charge in [0.25, 0.3) is 0 Å². The third kappa shape index (κ3) is 8.04. The summed E-state index contributed by atoms with van der Waals surface area (Å²) in [6.07, 6.45) is 0.988. The first-order chi connectivity index (χ1) is 17.0. The van der Waals surface area contributed by atoms with Crippen LogP contribution in [-0.2, 0) is 30.4 Å². The number of nitrogens with one attached hydrogen (secondary N) is 2. The normalized spacial score (nSPS) is 18.5. The van der Waals surface area contributed by atoms with Gasteiger partial charge in [0.15, 0.2) is 0 Å². The highest BCUT2D eigenvalue weighted by atomic mass is 16.4. The Bertz CT molecular complexity index is 940. The van der Waals surface area contributed by atoms with Crippen molar-refractivity contribution in [3.8, 4) is 0 Å². The number of amides is 3. The van der Waals surface area contributed by atoms with Gasteiger partial charge in [0, 0.05) is 19.4 Å². The molecule has 2 rings (SSSR count). The van der Waals surface area contributed by atoms with Crippen LogP contribution in [0.5, 0.6) is 0 Å². The van der Waals surface area contributed by atoms with Crippen molar-refractivity contribution in [3.63, 3.8) is 0 Å². The van der Waals surface area contributed by atoms with E-state index in [-0.39, 0.29) is 31.7 Å². The molecule has 198 valence electrons. The standard InChI is InChI=1S/C25H36N4O7/c1-3-15(2)21(26)23(33)27-17(11-12-20(30)31)22(32)28-18(14-16-8-5-4-6-9-16)24(34)29-13-7-10-19(29)25(35)36/h4-6,8-9,15,17-19,21H,3,7,10-14,26H2,1-2H3,(H,27,33)(H,28,32)(H,30,31)(H,35,36). The van der Waals surface area contributed by atoms with Crippen LogP contribution in [0.2, 0.25) is 0 Å². The summed E-state index contributed by atoms with van der Waals surface area (Å²) < 4.78 is 0. The van der Waals surface area contributed by atoms with E-state index in [0.29, 0.717) is 19.3 Å². The van der Waals surface area contributed by atoms with E-state index < -0.39 is 53.8 Å². The smallest absolute Gasteiger partial charge is 0.326 e. The second kappa shape index (κ2) is 13.6. The van der Waals surface area contributed by atoms with Crippen molar-refractivity contribution in [3.05, 3.63) is 35.9 Å². The van der Waals surface area contributed by atoms with Crippen molar-refractivity contribution in [1.29, 1.82) is 0 Å². The second-order valence-electron chi connectivity index (χ2n) is 9.18. The molecule has 5 unspecified atom stereocenters. The van der Waals surface area contributed by atoms with Gasteiger partial charge in [-0.1, -0.05) is 50.6 Å². The maximum Gasteiger partial charge on any atom is 0.326 e. The summed E-state index contributed by atoms with van der Waals surface area (Å²) in [5.74, 6) is -4.30. The molecular weight excluding hydrogens is 468 g/mol. The third-order valence-corrected chi connectivity index (χ3v) is 6.56. The molecule has 1 aromatic carbocycles. The van der Waals surface area contributed by atoms with E-state index in [9.17, 15) is 29.1 Å². The topological polar surface area (TPSA) is 179 Å². The lowest BCUT2D eigenvalue weighted by atomic mass is 9.98. The van der Waals surface area contributed by atoms with Gasteiger partial charge in [0.2, 0.25) is 17.7 Å². The highest BCUT2D eigenvalue weighted by molar-refractivity contribution is 5.94. The number of carboxylic acids is 2. The summed E-state index contributed by atoms with van der Waals surface area (Å²) in [4.78, 5) is 63.3. The Morgan fingerprint density at radius 1 is 1.06 bits per heavy atom. The monoisotopic (exact) mass is 504 g/mol. The fourth-order valence-corrected chi connectivity index (χ4v) is 4.13. The van der Waals surface area contributed by atoms with Gasteiger partial charge in [-0.05, 0) is 30.7 Å². The molecule has 1 aliphatic rings. The maximum absolute atomic E-state index is 13.4. The molecule has 1 aliphatic heterocycles. The second-order valence-corrected chi connectivity index (χ2v) is 9.18. The van der Waals surface area contributed by atoms with Crippen LogP contribution in [0, 0.1) is 5.92 Å². The molecule has 0 radical (unpaired) electrons. The molecule has 1 fully saturated rings. The molecule has 0 aliphatic carbocycles. The van der Waals surface area contributed by atoms with Crippen molar-refractivity contribution >= 4 is 29.7 Å². The first-order valence-electron chi connectivity index (χ1n) is 12.2. The molecular formula is C25H36N4O7. The van der Waals surface area contributed by atoms with E-state index in [4.69, 9.17) is 10.8 Å². The molecule has 6 N–H and O–H groups in total. The van der Waals surface area contributed by atoms with Gasteiger partial charge in [0.05, 0.1) is 6.04 Å². The predicted molar refractivity (Wildman–Crippen MR) is 131 cm³/mol. The molecule has 11 nitrogen and oxygen atoms in total. The molecule has 1 aromatic rings. The van der Waals surface area contributed by atoms with E-state index in [1.807, 2.05) is 6.92 Å². The third-order valence-electron chi connectivity index (χ3n) is 6.56. The van der Waals surface area contributed by atoms with Crippen molar-refractivity contribution in [2.75, 3.05) is 6.54 Å². The van der Waals surface area contributed by atoms with Crippen molar-refractivity contribution < 1.29 is 34.2 Å². The SMILES string of the molecule is CCC(C)C(N)C(=O)NC(CCC(=O)O)C(=O)NC(Cc1ccccc1)C(=O)N1CCCC1C(=O)O. The van der Waals surface area contributed by atoms with E-state index in [1.165, 1.54) is 4.90 Å². The van der Waals surface area contributed by atoms with Crippen LogP contribution >= 0.6 is 0 Å². The molecule has 0 saturated carbocycles. The number of nitrogens with two attached hydrogens (primary N) is 1. The summed E-state index contributed by atoms with van der Waals surface area (Å²) in [7, 11) is 0. The molecule has 11 heteroatoms. The van der Waals surface area contributed by atoms with Gasteiger partial charge in [-0.25, -0.2) is 4.79 Å². The molecule has 1 heterocycles. The molecule has 0 aromatic heterocycles. The Hall–Kier alpha value is -3.47. The minimum Gasteiger partial charge on any atom is -0.481 e. The summed E-state index contributed by atoms with van der Waals surface area (Å²) in [5, 5.41) is 23.8. The minimum atomic E-state index is -1.23. The molecule has 3 amide bonds. The molecule has 1 saturated heterocycles. The molecule has 36 heavy (non-hydrogen) atoms. The lowest BCUT2D eigenvalue weighted by Crippen LogP contribution is -2.58. The van der Waals surface area contributed by atoms with Crippen LogP contribution in [0.15, 0.2) is 30.3 Å². The zero-order chi connectivity index (χ0) is 26.8. The lowest BCUT2D eigenvalue weighted by Gasteiger charge is -2.29. The fraction of sp³-hybridized carbons (Fsp3) is 0.560. The Balaban J connectivity index is 2.26. The quantitative estimate of drug-likeness (QED) is 0.258. The van der Waals surface area contributed by atoms with Crippen LogP contribution in [-0.4, -0.2) is 75.5 Å². The van der Waals surface area contributed by atoms with E-state index >= 15 is 0 Å². The number of aliphatic carboxylic acids is 2. The Kier molecular flexibility index (Phi) is 10.8. The number of likely N-dealkylation sites (tertiary alicyclic amines) is 1. The summed E-state index contributed by atoms with van der Waals surface area (Å²) in [5.41, 5.74) is 6.72. The average Bonchev–Trinajstić information content (AvgIpc) is 3.35. The summed E-state index contributed by atoms with van der Waals surface area (Å²) >= 11 is 0. The first-order valence-corrected chi connectivity index (χ1v) is 12.2. The summed E-state index contributed by atoms with van der Waals surface area (Å²) in [6, 6.07) is 4.71. The van der Waals surface area contributed by atoms with Gasteiger partial charge < -0.3 is 31.5 Å². The number of hydrogen-bond donors (Lipinski definition) is 5. The molecule has 0 bridgehead atoms. The van der Waals surface area contributed by atoms with Crippen LogP contribution in [0.25, 0.3) is 0 Å². The van der Waals surface area contributed by atoms with Crippen LogP contribution in [0.4, 0.5) is 0 Å². The Morgan fingerprint density at radius 3 is 2.28 bits per heavy atom. The van der Waals surface area contributed by atoms with Gasteiger partial charge in [-0.3, -0.25) is 19.2 Å². The van der Waals surface area contributed by atoms with Crippen LogP contribution in [0.3, 0.4) is 0 Å².